The minimum absolute atomic E-state index is 0.0941. The fourth-order valence-corrected chi connectivity index (χ4v) is 1.48. The summed E-state index contributed by atoms with van der Waals surface area (Å²) in [5.74, 6) is -0.132. The van der Waals surface area contributed by atoms with E-state index >= 15 is 0 Å². The molecule has 0 radical (unpaired) electrons. The molecule has 100 valence electrons. The van der Waals surface area contributed by atoms with Crippen molar-refractivity contribution in [1.29, 1.82) is 0 Å². The second kappa shape index (κ2) is 8.66. The lowest BCUT2D eigenvalue weighted by atomic mass is 10.2. The fraction of sp³-hybridized carbons (Fsp3) is 0.500. The van der Waals surface area contributed by atoms with Crippen molar-refractivity contribution < 1.29 is 14.3 Å². The van der Waals surface area contributed by atoms with Gasteiger partial charge >= 0.3 is 0 Å². The Bertz CT molecular complexity index is 366. The Hall–Kier alpha value is -1.39. The molecule has 1 rings (SSSR count). The highest BCUT2D eigenvalue weighted by atomic mass is 16.5. The van der Waals surface area contributed by atoms with E-state index in [1.165, 1.54) is 0 Å². The smallest absolute Gasteiger partial charge is 0.250 e. The number of amides is 1. The van der Waals surface area contributed by atoms with Crippen LogP contribution in [0.25, 0.3) is 0 Å². The normalized spacial score (nSPS) is 10.3. The Morgan fingerprint density at radius 1 is 1.22 bits per heavy atom. The number of hydrogen-bond donors (Lipinski definition) is 1. The monoisotopic (exact) mass is 251 g/mol. The van der Waals surface area contributed by atoms with Gasteiger partial charge in [0, 0.05) is 24.5 Å². The van der Waals surface area contributed by atoms with E-state index in [0.717, 1.165) is 17.7 Å². The Morgan fingerprint density at radius 3 is 2.72 bits per heavy atom. The van der Waals surface area contributed by atoms with Crippen molar-refractivity contribution in [3.05, 3.63) is 29.8 Å². The van der Waals surface area contributed by atoms with E-state index in [9.17, 15) is 4.79 Å². The van der Waals surface area contributed by atoms with Gasteiger partial charge in [0.05, 0.1) is 6.61 Å². The first kappa shape index (κ1) is 14.7. The van der Waals surface area contributed by atoms with Gasteiger partial charge in [0.1, 0.15) is 6.61 Å². The summed E-state index contributed by atoms with van der Waals surface area (Å²) in [6.45, 7) is 5.81. The summed E-state index contributed by atoms with van der Waals surface area (Å²) in [5.41, 5.74) is 1.76. The number of carbonyl (C=O) groups excluding carboxylic acids is 1. The van der Waals surface area contributed by atoms with Crippen LogP contribution < -0.4 is 5.32 Å². The number of benzene rings is 1. The van der Waals surface area contributed by atoms with Crippen molar-refractivity contribution >= 4 is 11.6 Å². The lowest BCUT2D eigenvalue weighted by Gasteiger charge is -2.11. The maximum absolute atomic E-state index is 11.6. The molecule has 0 aliphatic carbocycles. The van der Waals surface area contributed by atoms with Crippen LogP contribution in [0, 0.1) is 0 Å². The predicted molar refractivity (Wildman–Crippen MR) is 71.5 cm³/mol. The molecule has 0 aliphatic heterocycles. The minimum Gasteiger partial charge on any atom is -0.377 e. The van der Waals surface area contributed by atoms with Gasteiger partial charge in [0.2, 0.25) is 5.91 Å². The topological polar surface area (TPSA) is 47.6 Å². The predicted octanol–water partition coefficient (Wildman–Crippen LogP) is 2.59. The Labute approximate surface area is 108 Å². The van der Waals surface area contributed by atoms with E-state index in [0.29, 0.717) is 19.8 Å². The maximum atomic E-state index is 11.6. The largest absolute Gasteiger partial charge is 0.377 e. The van der Waals surface area contributed by atoms with E-state index in [2.05, 4.69) is 5.32 Å². The van der Waals surface area contributed by atoms with Crippen LogP contribution in [0.4, 0.5) is 5.69 Å². The lowest BCUT2D eigenvalue weighted by Crippen LogP contribution is -2.19. The molecule has 0 spiro atoms. The van der Waals surface area contributed by atoms with Gasteiger partial charge in [0.25, 0.3) is 0 Å². The van der Waals surface area contributed by atoms with Gasteiger partial charge in [-0.3, -0.25) is 4.79 Å². The molecule has 4 nitrogen and oxygen atoms in total. The molecule has 1 amide bonds. The van der Waals surface area contributed by atoms with Crippen LogP contribution >= 0.6 is 0 Å². The third-order valence-corrected chi connectivity index (χ3v) is 2.33. The van der Waals surface area contributed by atoms with Crippen LogP contribution in [0.3, 0.4) is 0 Å². The zero-order valence-corrected chi connectivity index (χ0v) is 11.1. The van der Waals surface area contributed by atoms with Gasteiger partial charge in [0.15, 0.2) is 0 Å². The van der Waals surface area contributed by atoms with E-state index < -0.39 is 0 Å². The molecule has 1 aromatic carbocycles. The molecule has 0 saturated heterocycles. The van der Waals surface area contributed by atoms with Crippen LogP contribution in [0.5, 0.6) is 0 Å². The average Bonchev–Trinajstić information content (AvgIpc) is 2.38. The average molecular weight is 251 g/mol. The third-order valence-electron chi connectivity index (χ3n) is 2.33. The highest BCUT2D eigenvalue weighted by molar-refractivity contribution is 5.92. The quantitative estimate of drug-likeness (QED) is 0.722. The van der Waals surface area contributed by atoms with Crippen LogP contribution in [0.2, 0.25) is 0 Å². The Balaban J connectivity index is 2.51. The molecule has 0 bridgehead atoms. The van der Waals surface area contributed by atoms with Crippen molar-refractivity contribution in [2.75, 3.05) is 25.1 Å². The van der Waals surface area contributed by atoms with Crippen LogP contribution in [-0.4, -0.2) is 25.7 Å². The molecule has 18 heavy (non-hydrogen) atoms. The summed E-state index contributed by atoms with van der Waals surface area (Å²) in [7, 11) is 0. The fourth-order valence-electron chi connectivity index (χ4n) is 1.48. The second-order valence-corrected chi connectivity index (χ2v) is 3.90. The molecule has 0 unspecified atom stereocenters. The minimum atomic E-state index is -0.132. The first-order valence-corrected chi connectivity index (χ1v) is 6.31. The summed E-state index contributed by atoms with van der Waals surface area (Å²) in [6.07, 6.45) is 0.911. The van der Waals surface area contributed by atoms with Gasteiger partial charge in [-0.05, 0) is 19.4 Å². The number of hydrogen-bond acceptors (Lipinski definition) is 3. The Morgan fingerprint density at radius 2 is 2.00 bits per heavy atom. The highest BCUT2D eigenvalue weighted by Gasteiger charge is 2.06. The van der Waals surface area contributed by atoms with Gasteiger partial charge in [-0.15, -0.1) is 0 Å². The molecule has 4 heteroatoms. The van der Waals surface area contributed by atoms with Crippen molar-refractivity contribution in [2.45, 2.75) is 26.9 Å². The number of rotatable bonds is 8. The molecule has 0 atom stereocenters. The summed E-state index contributed by atoms with van der Waals surface area (Å²) >= 11 is 0. The zero-order valence-electron chi connectivity index (χ0n) is 11.1. The number of carbonyl (C=O) groups is 1. The van der Waals surface area contributed by atoms with Gasteiger partial charge in [-0.25, -0.2) is 0 Å². The van der Waals surface area contributed by atoms with Gasteiger partial charge in [-0.1, -0.05) is 25.1 Å². The van der Waals surface area contributed by atoms with Crippen molar-refractivity contribution in [1.82, 2.24) is 0 Å². The van der Waals surface area contributed by atoms with E-state index in [1.54, 1.807) is 0 Å². The Kier molecular flexibility index (Phi) is 7.06. The number of para-hydroxylation sites is 1. The van der Waals surface area contributed by atoms with Gasteiger partial charge < -0.3 is 14.8 Å². The van der Waals surface area contributed by atoms with Crippen LogP contribution in [0.15, 0.2) is 24.3 Å². The summed E-state index contributed by atoms with van der Waals surface area (Å²) in [6, 6.07) is 7.62. The first-order chi connectivity index (χ1) is 8.77. The van der Waals surface area contributed by atoms with Crippen LogP contribution in [0.1, 0.15) is 25.8 Å². The van der Waals surface area contributed by atoms with Crippen molar-refractivity contribution in [2.24, 2.45) is 0 Å². The van der Waals surface area contributed by atoms with Crippen LogP contribution in [-0.2, 0) is 20.9 Å². The molecule has 1 aromatic rings. The molecule has 1 N–H and O–H groups in total. The lowest BCUT2D eigenvalue weighted by molar-refractivity contribution is -0.120. The summed E-state index contributed by atoms with van der Waals surface area (Å²) in [4.78, 5) is 11.6. The molecular formula is C14H21NO3. The number of ether oxygens (including phenoxy) is 2. The van der Waals surface area contributed by atoms with E-state index in [-0.39, 0.29) is 12.5 Å². The number of nitrogens with one attached hydrogen (secondary N) is 1. The summed E-state index contributed by atoms with van der Waals surface area (Å²) < 4.78 is 10.6. The number of anilines is 1. The molecule has 0 saturated carbocycles. The zero-order chi connectivity index (χ0) is 13.2. The SMILES string of the molecule is CCCOCC(=O)Nc1ccccc1COCC. The molecule has 0 aliphatic rings. The van der Waals surface area contributed by atoms with Gasteiger partial charge in [-0.2, -0.15) is 0 Å². The standard InChI is InChI=1S/C14H21NO3/c1-3-9-18-11-14(16)15-13-8-6-5-7-12(13)10-17-4-2/h5-8H,3-4,9-11H2,1-2H3,(H,15,16). The molecule has 0 aromatic heterocycles. The van der Waals surface area contributed by atoms with Crippen molar-refractivity contribution in [3.8, 4) is 0 Å². The highest BCUT2D eigenvalue weighted by Crippen LogP contribution is 2.15. The maximum Gasteiger partial charge on any atom is 0.250 e. The molecule has 0 fully saturated rings. The first-order valence-electron chi connectivity index (χ1n) is 6.31. The summed E-state index contributed by atoms with van der Waals surface area (Å²) in [5, 5.41) is 2.83. The van der Waals surface area contributed by atoms with Crippen molar-refractivity contribution in [3.63, 3.8) is 0 Å². The molecule has 0 heterocycles. The third kappa shape index (κ3) is 5.29. The molecular weight excluding hydrogens is 230 g/mol. The van der Waals surface area contributed by atoms with E-state index in [1.807, 2.05) is 38.1 Å². The van der Waals surface area contributed by atoms with E-state index in [4.69, 9.17) is 9.47 Å². The second-order valence-electron chi connectivity index (χ2n) is 3.90.